The van der Waals surface area contributed by atoms with Crippen LogP contribution in [0.1, 0.15) is 28.4 Å². The van der Waals surface area contributed by atoms with Gasteiger partial charge in [-0.15, -0.1) is 0 Å². The summed E-state index contributed by atoms with van der Waals surface area (Å²) in [6.45, 7) is 3.66. The van der Waals surface area contributed by atoms with Crippen molar-refractivity contribution in [3.8, 4) is 17.1 Å². The van der Waals surface area contributed by atoms with Crippen molar-refractivity contribution in [1.29, 1.82) is 0 Å². The van der Waals surface area contributed by atoms with Crippen molar-refractivity contribution in [1.82, 2.24) is 29.7 Å². The highest BCUT2D eigenvalue weighted by molar-refractivity contribution is 5.95. The summed E-state index contributed by atoms with van der Waals surface area (Å²) in [5, 5.41) is 8.89. The molecule has 0 aliphatic heterocycles. The molecule has 5 rings (SSSR count). The standard InChI is InChI=1S/C31H30FN7O3/c1-18-16-38(27-9-8-23(32)12-25(18)27)24-10-20(13-35-14-24)17-39-28(21-6-5-7-22(11-21)30(41)34-4)36-15-26(31(39)42)37-29(40)19(2)33-3/h5-16,19,33H,17H2,1-4H3,(H,34,41)(H,37,40). The highest BCUT2D eigenvalue weighted by Gasteiger charge is 2.18. The fourth-order valence-corrected chi connectivity index (χ4v) is 4.73. The molecule has 1 atom stereocenters. The van der Waals surface area contributed by atoms with Gasteiger partial charge in [-0.05, 0) is 68.4 Å². The number of hydrogen-bond donors (Lipinski definition) is 3. The van der Waals surface area contributed by atoms with Crippen molar-refractivity contribution in [3.63, 3.8) is 0 Å². The van der Waals surface area contributed by atoms with E-state index in [0.29, 0.717) is 22.5 Å². The van der Waals surface area contributed by atoms with Crippen LogP contribution in [-0.2, 0) is 11.3 Å². The number of carbonyl (C=O) groups is 2. The average molecular weight is 568 g/mol. The summed E-state index contributed by atoms with van der Waals surface area (Å²) >= 11 is 0. The van der Waals surface area contributed by atoms with Crippen LogP contribution in [0.4, 0.5) is 10.1 Å². The Morgan fingerprint density at radius 1 is 1.05 bits per heavy atom. The minimum Gasteiger partial charge on any atom is -0.355 e. The number of nitrogens with zero attached hydrogens (tertiary/aromatic N) is 4. The normalized spacial score (nSPS) is 11.8. The van der Waals surface area contributed by atoms with Gasteiger partial charge in [-0.2, -0.15) is 0 Å². The molecule has 214 valence electrons. The van der Waals surface area contributed by atoms with E-state index in [0.717, 1.165) is 22.2 Å². The number of likely N-dealkylation sites (N-methyl/N-ethyl adjacent to an activating group) is 1. The molecule has 3 N–H and O–H groups in total. The van der Waals surface area contributed by atoms with E-state index < -0.39 is 11.6 Å². The predicted molar refractivity (Wildman–Crippen MR) is 159 cm³/mol. The lowest BCUT2D eigenvalue weighted by Crippen LogP contribution is -2.38. The second kappa shape index (κ2) is 11.8. The molecule has 0 fully saturated rings. The van der Waals surface area contributed by atoms with Crippen molar-refractivity contribution >= 4 is 28.4 Å². The van der Waals surface area contributed by atoms with Crippen LogP contribution in [0.25, 0.3) is 28.0 Å². The number of benzene rings is 2. The van der Waals surface area contributed by atoms with Crippen molar-refractivity contribution in [2.24, 2.45) is 0 Å². The number of pyridine rings is 1. The highest BCUT2D eigenvalue weighted by Crippen LogP contribution is 2.26. The van der Waals surface area contributed by atoms with Crippen molar-refractivity contribution in [2.75, 3.05) is 19.4 Å². The third-order valence-corrected chi connectivity index (χ3v) is 7.11. The van der Waals surface area contributed by atoms with E-state index in [4.69, 9.17) is 0 Å². The van der Waals surface area contributed by atoms with E-state index in [-0.39, 0.29) is 29.9 Å². The second-order valence-corrected chi connectivity index (χ2v) is 9.94. The van der Waals surface area contributed by atoms with Gasteiger partial charge >= 0.3 is 0 Å². The van der Waals surface area contributed by atoms with Gasteiger partial charge < -0.3 is 20.5 Å². The number of rotatable bonds is 8. The van der Waals surface area contributed by atoms with Crippen LogP contribution in [-0.4, -0.2) is 51.1 Å². The van der Waals surface area contributed by atoms with Crippen LogP contribution in [0.2, 0.25) is 0 Å². The number of amides is 2. The van der Waals surface area contributed by atoms with E-state index in [1.807, 2.05) is 23.8 Å². The summed E-state index contributed by atoms with van der Waals surface area (Å²) in [5.41, 5.74) is 3.66. The van der Waals surface area contributed by atoms with Crippen LogP contribution >= 0.6 is 0 Å². The van der Waals surface area contributed by atoms with Gasteiger partial charge in [-0.1, -0.05) is 12.1 Å². The molecular formula is C31H30FN7O3. The maximum absolute atomic E-state index is 13.9. The Hall–Kier alpha value is -5.16. The number of anilines is 1. The number of aryl methyl sites for hydroxylation is 1. The molecule has 0 saturated carbocycles. The molecule has 0 saturated heterocycles. The molecule has 0 aliphatic rings. The first-order valence-electron chi connectivity index (χ1n) is 13.3. The third kappa shape index (κ3) is 5.54. The number of aromatic nitrogens is 4. The Morgan fingerprint density at radius 2 is 1.86 bits per heavy atom. The number of nitrogens with one attached hydrogen (secondary N) is 3. The fraction of sp³-hybridized carbons (Fsp3) is 0.194. The number of halogens is 1. The third-order valence-electron chi connectivity index (χ3n) is 7.11. The lowest BCUT2D eigenvalue weighted by atomic mass is 10.1. The molecule has 1 unspecified atom stereocenters. The van der Waals surface area contributed by atoms with Gasteiger partial charge in [-0.25, -0.2) is 9.37 Å². The maximum Gasteiger partial charge on any atom is 0.277 e. The largest absolute Gasteiger partial charge is 0.355 e. The van der Waals surface area contributed by atoms with Gasteiger partial charge in [0.1, 0.15) is 17.3 Å². The molecular weight excluding hydrogens is 537 g/mol. The molecule has 2 aromatic carbocycles. The van der Waals surface area contributed by atoms with Crippen LogP contribution in [0.15, 0.2) is 78.1 Å². The van der Waals surface area contributed by atoms with Gasteiger partial charge in [0.2, 0.25) is 5.91 Å². The summed E-state index contributed by atoms with van der Waals surface area (Å²) in [6.07, 6.45) is 6.57. The van der Waals surface area contributed by atoms with Crippen LogP contribution in [0.5, 0.6) is 0 Å². The highest BCUT2D eigenvalue weighted by atomic mass is 19.1. The van der Waals surface area contributed by atoms with Crippen molar-refractivity contribution in [2.45, 2.75) is 26.4 Å². The molecule has 0 spiro atoms. The maximum atomic E-state index is 13.9. The SMILES string of the molecule is CNC(=O)c1cccc(-c2ncc(NC(=O)C(C)NC)c(=O)n2Cc2cncc(-n3cc(C)c4cc(F)ccc43)c2)c1. The van der Waals surface area contributed by atoms with Crippen LogP contribution in [0, 0.1) is 12.7 Å². The lowest BCUT2D eigenvalue weighted by molar-refractivity contribution is -0.117. The van der Waals surface area contributed by atoms with Gasteiger partial charge in [0, 0.05) is 36.0 Å². The average Bonchev–Trinajstić information content (AvgIpc) is 3.33. The summed E-state index contributed by atoms with van der Waals surface area (Å²) in [6, 6.07) is 12.8. The van der Waals surface area contributed by atoms with Crippen molar-refractivity contribution < 1.29 is 14.0 Å². The van der Waals surface area contributed by atoms with Gasteiger partial charge in [0.15, 0.2) is 0 Å². The Morgan fingerprint density at radius 3 is 2.62 bits per heavy atom. The summed E-state index contributed by atoms with van der Waals surface area (Å²) < 4.78 is 17.3. The van der Waals surface area contributed by atoms with Crippen LogP contribution in [0.3, 0.4) is 0 Å². The Balaban J connectivity index is 1.60. The summed E-state index contributed by atoms with van der Waals surface area (Å²) in [7, 11) is 3.19. The topological polar surface area (TPSA) is 123 Å². The molecule has 0 bridgehead atoms. The number of carbonyl (C=O) groups excluding carboxylic acids is 2. The molecule has 0 radical (unpaired) electrons. The zero-order valence-electron chi connectivity index (χ0n) is 23.6. The van der Waals surface area contributed by atoms with Gasteiger partial charge in [0.25, 0.3) is 11.5 Å². The molecule has 3 aromatic heterocycles. The summed E-state index contributed by atoms with van der Waals surface area (Å²) in [4.78, 5) is 47.6. The van der Waals surface area contributed by atoms with Crippen molar-refractivity contribution in [3.05, 3.63) is 106 Å². The second-order valence-electron chi connectivity index (χ2n) is 9.94. The zero-order valence-corrected chi connectivity index (χ0v) is 23.6. The summed E-state index contributed by atoms with van der Waals surface area (Å²) in [5.74, 6) is -0.659. The predicted octanol–water partition coefficient (Wildman–Crippen LogP) is 3.65. The number of hydrogen-bond acceptors (Lipinski definition) is 6. The van der Waals surface area contributed by atoms with E-state index in [1.54, 1.807) is 63.7 Å². The van der Waals surface area contributed by atoms with Gasteiger partial charge in [0.05, 0.1) is 36.2 Å². The first-order valence-corrected chi connectivity index (χ1v) is 13.3. The first-order chi connectivity index (χ1) is 20.2. The van der Waals surface area contributed by atoms with E-state index in [1.165, 1.54) is 22.9 Å². The van der Waals surface area contributed by atoms with E-state index in [9.17, 15) is 18.8 Å². The Bertz CT molecular complexity index is 1880. The molecule has 0 aliphatic carbocycles. The molecule has 2 amide bonds. The fourth-order valence-electron chi connectivity index (χ4n) is 4.73. The lowest BCUT2D eigenvalue weighted by Gasteiger charge is -2.16. The van der Waals surface area contributed by atoms with Crippen LogP contribution < -0.4 is 21.5 Å². The first kappa shape index (κ1) is 28.4. The minimum absolute atomic E-state index is 0.0199. The Kier molecular flexibility index (Phi) is 7.94. The quantitative estimate of drug-likeness (QED) is 0.263. The molecule has 42 heavy (non-hydrogen) atoms. The molecule has 11 heteroatoms. The smallest absolute Gasteiger partial charge is 0.277 e. The Labute approximate surface area is 241 Å². The monoisotopic (exact) mass is 567 g/mol. The number of fused-ring (bicyclic) bond motifs is 1. The van der Waals surface area contributed by atoms with E-state index >= 15 is 0 Å². The zero-order chi connectivity index (χ0) is 30.0. The van der Waals surface area contributed by atoms with Gasteiger partial charge in [-0.3, -0.25) is 23.9 Å². The van der Waals surface area contributed by atoms with E-state index in [2.05, 4.69) is 25.9 Å². The molecule has 3 heterocycles. The molecule has 5 aromatic rings. The molecule has 10 nitrogen and oxygen atoms in total. The minimum atomic E-state index is -0.532.